The summed E-state index contributed by atoms with van der Waals surface area (Å²) >= 11 is 0. The van der Waals surface area contributed by atoms with Gasteiger partial charge in [0, 0.05) is 36.2 Å². The highest BCUT2D eigenvalue weighted by atomic mass is 32.2. The van der Waals surface area contributed by atoms with Crippen molar-refractivity contribution in [1.82, 2.24) is 9.97 Å². The smallest absolute Gasteiger partial charge is 0.261 e. The molecule has 0 bridgehead atoms. The average Bonchev–Trinajstić information content (AvgIpc) is 2.85. The number of nitrogens with one attached hydrogen (secondary N) is 2. The topological polar surface area (TPSA) is 96.5 Å². The van der Waals surface area contributed by atoms with Crippen LogP contribution in [0, 0.1) is 6.92 Å². The average molecular weight is 480 g/mol. The Morgan fingerprint density at radius 3 is 2.35 bits per heavy atom. The molecule has 1 fully saturated rings. The quantitative estimate of drug-likeness (QED) is 0.551. The van der Waals surface area contributed by atoms with Gasteiger partial charge in [0.1, 0.15) is 5.82 Å². The molecule has 1 aliphatic carbocycles. The fourth-order valence-corrected chi connectivity index (χ4v) is 5.49. The molecule has 2 heterocycles. The van der Waals surface area contributed by atoms with Crippen LogP contribution in [-0.4, -0.2) is 44.7 Å². The lowest BCUT2D eigenvalue weighted by molar-refractivity contribution is 0.122. The molecule has 2 N–H and O–H groups in total. The van der Waals surface area contributed by atoms with E-state index in [0.29, 0.717) is 35.6 Å². The minimum absolute atomic E-state index is 0.308. The maximum absolute atomic E-state index is 12.9. The number of rotatable bonds is 6. The summed E-state index contributed by atoms with van der Waals surface area (Å²) in [5.74, 6) is 1.37. The first-order chi connectivity index (χ1) is 16.5. The second-order valence-corrected chi connectivity index (χ2v) is 10.4. The number of anilines is 4. The van der Waals surface area contributed by atoms with Crippen molar-refractivity contribution in [3.8, 4) is 0 Å². The number of sulfonamides is 1. The van der Waals surface area contributed by atoms with Gasteiger partial charge in [-0.3, -0.25) is 4.72 Å². The molecule has 5 rings (SSSR count). The van der Waals surface area contributed by atoms with Gasteiger partial charge < -0.3 is 15.0 Å². The van der Waals surface area contributed by atoms with E-state index in [0.717, 1.165) is 49.3 Å². The summed E-state index contributed by atoms with van der Waals surface area (Å²) in [7, 11) is -3.65. The molecular formula is C25H29N5O3S. The first-order valence-electron chi connectivity index (χ1n) is 11.7. The molecule has 0 unspecified atom stereocenters. The normalized spacial score (nSPS) is 16.1. The van der Waals surface area contributed by atoms with Crippen molar-refractivity contribution in [2.45, 2.75) is 37.5 Å². The van der Waals surface area contributed by atoms with Gasteiger partial charge in [0.05, 0.1) is 18.1 Å². The van der Waals surface area contributed by atoms with Crippen LogP contribution in [0.3, 0.4) is 0 Å². The number of fused-ring (bicyclic) bond motifs is 1. The third kappa shape index (κ3) is 5.15. The molecule has 8 nitrogen and oxygen atoms in total. The molecule has 0 radical (unpaired) electrons. The van der Waals surface area contributed by atoms with E-state index in [1.54, 1.807) is 18.2 Å². The Kier molecular flexibility index (Phi) is 6.38. The highest BCUT2D eigenvalue weighted by Gasteiger charge is 2.18. The molecule has 1 aliphatic heterocycles. The zero-order valence-corrected chi connectivity index (χ0v) is 20.1. The van der Waals surface area contributed by atoms with Crippen molar-refractivity contribution < 1.29 is 13.2 Å². The van der Waals surface area contributed by atoms with Crippen molar-refractivity contribution in [2.24, 2.45) is 0 Å². The van der Waals surface area contributed by atoms with Crippen molar-refractivity contribution in [2.75, 3.05) is 41.2 Å². The number of hydrogen-bond acceptors (Lipinski definition) is 7. The summed E-state index contributed by atoms with van der Waals surface area (Å²) in [6.45, 7) is 4.81. The van der Waals surface area contributed by atoms with Crippen LogP contribution in [0.15, 0.2) is 53.4 Å². The Hall–Kier alpha value is -3.17. The van der Waals surface area contributed by atoms with E-state index in [1.165, 1.54) is 12.0 Å². The van der Waals surface area contributed by atoms with E-state index in [1.807, 2.05) is 37.3 Å². The summed E-state index contributed by atoms with van der Waals surface area (Å²) in [6, 6.07) is 14.5. The third-order valence-corrected chi connectivity index (χ3v) is 7.56. The minimum atomic E-state index is -3.65. The molecule has 34 heavy (non-hydrogen) atoms. The largest absolute Gasteiger partial charge is 0.378 e. The number of aromatic nitrogens is 2. The lowest BCUT2D eigenvalue weighted by atomic mass is 9.92. The first kappa shape index (κ1) is 22.6. The van der Waals surface area contributed by atoms with Gasteiger partial charge in [0.25, 0.3) is 10.0 Å². The van der Waals surface area contributed by atoms with Crippen LogP contribution in [0.25, 0.3) is 0 Å². The molecule has 3 aromatic rings. The lowest BCUT2D eigenvalue weighted by Crippen LogP contribution is -2.37. The van der Waals surface area contributed by atoms with Crippen molar-refractivity contribution >= 4 is 33.2 Å². The second kappa shape index (κ2) is 9.60. The Morgan fingerprint density at radius 2 is 1.59 bits per heavy atom. The van der Waals surface area contributed by atoms with Gasteiger partial charge in [0.2, 0.25) is 5.95 Å². The number of benzene rings is 2. The summed E-state index contributed by atoms with van der Waals surface area (Å²) in [5.41, 5.74) is 4.59. The van der Waals surface area contributed by atoms with Crippen LogP contribution in [0.1, 0.15) is 29.7 Å². The van der Waals surface area contributed by atoms with Gasteiger partial charge in [0.15, 0.2) is 0 Å². The fraction of sp³-hybridized carbons (Fsp3) is 0.360. The zero-order valence-electron chi connectivity index (χ0n) is 19.3. The minimum Gasteiger partial charge on any atom is -0.378 e. The van der Waals surface area contributed by atoms with Gasteiger partial charge in [-0.05, 0) is 80.1 Å². The van der Waals surface area contributed by atoms with E-state index in [2.05, 4.69) is 24.9 Å². The van der Waals surface area contributed by atoms with Crippen LogP contribution in [0.5, 0.6) is 0 Å². The van der Waals surface area contributed by atoms with E-state index in [4.69, 9.17) is 4.74 Å². The highest BCUT2D eigenvalue weighted by Crippen LogP contribution is 2.26. The number of nitrogens with zero attached hydrogens (tertiary/aromatic N) is 3. The van der Waals surface area contributed by atoms with Crippen LogP contribution >= 0.6 is 0 Å². The summed E-state index contributed by atoms with van der Waals surface area (Å²) in [5, 5.41) is 3.29. The number of ether oxygens (including phenoxy) is 1. The molecule has 0 saturated carbocycles. The first-order valence-corrected chi connectivity index (χ1v) is 13.1. The Labute approximate surface area is 200 Å². The molecular weight excluding hydrogens is 450 g/mol. The number of morpholine rings is 1. The number of hydrogen-bond donors (Lipinski definition) is 2. The maximum atomic E-state index is 12.9. The predicted molar refractivity (Wildman–Crippen MR) is 133 cm³/mol. The van der Waals surface area contributed by atoms with Crippen LogP contribution in [0.4, 0.5) is 23.1 Å². The SMILES string of the molecule is Cc1cc(Nc2ccc(NS(=O)(=O)c3ccc4c(c3)CCCC4)cc2)nc(N2CCOCC2)n1. The fourth-order valence-electron chi connectivity index (χ4n) is 4.38. The van der Waals surface area contributed by atoms with Crippen molar-refractivity contribution in [3.63, 3.8) is 0 Å². The van der Waals surface area contributed by atoms with E-state index >= 15 is 0 Å². The Morgan fingerprint density at radius 1 is 0.882 bits per heavy atom. The standard InChI is InChI=1S/C25H29N5O3S/c1-18-16-24(28-25(26-18)30-12-14-33-15-13-30)27-21-7-9-22(10-8-21)29-34(31,32)23-11-6-19-4-2-3-5-20(19)17-23/h6-11,16-17,29H,2-5,12-15H2,1H3,(H,26,27,28). The Bertz CT molecular complexity index is 1270. The van der Waals surface area contributed by atoms with Gasteiger partial charge in [-0.1, -0.05) is 6.07 Å². The van der Waals surface area contributed by atoms with E-state index in [-0.39, 0.29) is 0 Å². The second-order valence-electron chi connectivity index (χ2n) is 8.74. The van der Waals surface area contributed by atoms with Crippen LogP contribution < -0.4 is 14.9 Å². The third-order valence-electron chi connectivity index (χ3n) is 6.18. The monoisotopic (exact) mass is 479 g/mol. The van der Waals surface area contributed by atoms with Crippen molar-refractivity contribution in [3.05, 3.63) is 65.4 Å². The van der Waals surface area contributed by atoms with Gasteiger partial charge in [-0.25, -0.2) is 13.4 Å². The molecule has 0 atom stereocenters. The van der Waals surface area contributed by atoms with Crippen molar-refractivity contribution in [1.29, 1.82) is 0 Å². The van der Waals surface area contributed by atoms with E-state index < -0.39 is 10.0 Å². The molecule has 9 heteroatoms. The lowest BCUT2D eigenvalue weighted by Gasteiger charge is -2.27. The van der Waals surface area contributed by atoms with Crippen LogP contribution in [-0.2, 0) is 27.6 Å². The van der Waals surface area contributed by atoms with Gasteiger partial charge >= 0.3 is 0 Å². The Balaban J connectivity index is 1.28. The summed E-state index contributed by atoms with van der Waals surface area (Å²) in [4.78, 5) is 11.6. The maximum Gasteiger partial charge on any atom is 0.261 e. The van der Waals surface area contributed by atoms with Gasteiger partial charge in [-0.15, -0.1) is 0 Å². The predicted octanol–water partition coefficient (Wildman–Crippen LogP) is 4.04. The highest BCUT2D eigenvalue weighted by molar-refractivity contribution is 7.92. The molecule has 2 aliphatic rings. The van der Waals surface area contributed by atoms with E-state index in [9.17, 15) is 8.42 Å². The molecule has 0 spiro atoms. The number of aryl methyl sites for hydroxylation is 3. The molecule has 2 aromatic carbocycles. The molecule has 1 saturated heterocycles. The van der Waals surface area contributed by atoms with Gasteiger partial charge in [-0.2, -0.15) is 4.98 Å². The molecule has 178 valence electrons. The zero-order chi connectivity index (χ0) is 23.5. The summed E-state index contributed by atoms with van der Waals surface area (Å²) < 4.78 is 34.0. The van der Waals surface area contributed by atoms with Crippen LogP contribution in [0.2, 0.25) is 0 Å². The molecule has 1 aromatic heterocycles. The summed E-state index contributed by atoms with van der Waals surface area (Å²) in [6.07, 6.45) is 4.24. The molecule has 0 amide bonds.